The van der Waals surface area contributed by atoms with Crippen molar-refractivity contribution in [2.75, 3.05) is 26.1 Å². The summed E-state index contributed by atoms with van der Waals surface area (Å²) in [5, 5.41) is 14.0. The van der Waals surface area contributed by atoms with E-state index in [1.165, 1.54) is 0 Å². The minimum atomic E-state index is -4.20. The molecule has 0 radical (unpaired) electrons. The van der Waals surface area contributed by atoms with Crippen LogP contribution in [0.1, 0.15) is 45.1 Å². The van der Waals surface area contributed by atoms with E-state index in [-0.39, 0.29) is 45.5 Å². The zero-order valence-corrected chi connectivity index (χ0v) is 25.4. The van der Waals surface area contributed by atoms with Gasteiger partial charge in [-0.2, -0.15) is 8.42 Å². The van der Waals surface area contributed by atoms with Crippen LogP contribution in [-0.2, 0) is 59.6 Å². The molecular weight excluding hydrogens is 610 g/mol. The number of esters is 3. The van der Waals surface area contributed by atoms with Crippen LogP contribution in [0.4, 0.5) is 4.79 Å². The number of alkyl carbamates (subject to hydrolysis) is 1. The van der Waals surface area contributed by atoms with Crippen molar-refractivity contribution < 1.29 is 65.8 Å². The largest absolute Gasteiger partial charge is 0.480 e. The molecule has 1 aromatic rings. The highest BCUT2D eigenvalue weighted by molar-refractivity contribution is 7.85. The number of amides is 2. The van der Waals surface area contributed by atoms with E-state index in [1.807, 2.05) is 0 Å². The SMILES string of the molecule is CCOC(=O)CCC(NC(=O)C(CCC(=O)OCC)NC(=O)OCc1ccccc1)C(=O)O.COC(=O)C(N)CS(=O)(=O)O. The third-order valence-electron chi connectivity index (χ3n) is 5.21. The van der Waals surface area contributed by atoms with Gasteiger partial charge in [-0.1, -0.05) is 30.3 Å². The molecular formula is C26H39N3O14S. The number of carbonyl (C=O) groups is 6. The lowest BCUT2D eigenvalue weighted by molar-refractivity contribution is -0.146. The lowest BCUT2D eigenvalue weighted by Gasteiger charge is -2.21. The normalized spacial score (nSPS) is 12.6. The standard InChI is InChI=1S/C22H30N2O9.C4H9NO5S/c1-3-31-18(25)12-10-16(24-22(30)33-14-15-8-6-5-7-9-15)20(27)23-17(21(28)29)11-13-19(26)32-4-2;1-10-4(6)3(5)2-11(7,8)9/h5-9,16-17H,3-4,10-14H2,1-2H3,(H,23,27)(H,24,30)(H,28,29);3H,2,5H2,1H3,(H,7,8,9). The number of carboxylic acid groups (broad SMARTS) is 1. The van der Waals surface area contributed by atoms with Crippen molar-refractivity contribution in [1.82, 2.24) is 10.6 Å². The van der Waals surface area contributed by atoms with Crippen LogP contribution in [0, 0.1) is 0 Å². The molecule has 0 aliphatic rings. The minimum Gasteiger partial charge on any atom is -0.480 e. The van der Waals surface area contributed by atoms with E-state index >= 15 is 0 Å². The molecule has 0 spiro atoms. The molecule has 0 saturated carbocycles. The van der Waals surface area contributed by atoms with Gasteiger partial charge in [0.05, 0.1) is 20.3 Å². The molecule has 248 valence electrons. The van der Waals surface area contributed by atoms with E-state index < -0.39 is 69.9 Å². The van der Waals surface area contributed by atoms with Gasteiger partial charge in [0.1, 0.15) is 30.5 Å². The second-order valence-corrected chi connectivity index (χ2v) is 10.2. The zero-order chi connectivity index (χ0) is 33.7. The molecule has 0 aliphatic carbocycles. The average molecular weight is 650 g/mol. The van der Waals surface area contributed by atoms with Gasteiger partial charge in [-0.3, -0.25) is 23.7 Å². The Balaban J connectivity index is 0.00000142. The molecule has 0 saturated heterocycles. The summed E-state index contributed by atoms with van der Waals surface area (Å²) in [7, 11) is -3.13. The molecule has 0 heterocycles. The van der Waals surface area contributed by atoms with Crippen molar-refractivity contribution in [2.24, 2.45) is 5.73 Å². The number of nitrogens with one attached hydrogen (secondary N) is 2. The number of hydrogen-bond acceptors (Lipinski definition) is 13. The first-order valence-corrected chi connectivity index (χ1v) is 14.8. The zero-order valence-electron chi connectivity index (χ0n) is 24.6. The number of rotatable bonds is 17. The van der Waals surface area contributed by atoms with Gasteiger partial charge in [-0.05, 0) is 32.3 Å². The monoisotopic (exact) mass is 649 g/mol. The van der Waals surface area contributed by atoms with Crippen molar-refractivity contribution in [3.63, 3.8) is 0 Å². The molecule has 44 heavy (non-hydrogen) atoms. The Labute approximate surface area is 254 Å². The number of methoxy groups -OCH3 is 1. The van der Waals surface area contributed by atoms with E-state index in [1.54, 1.807) is 44.2 Å². The summed E-state index contributed by atoms with van der Waals surface area (Å²) in [4.78, 5) is 70.1. The number of hydrogen-bond donors (Lipinski definition) is 5. The fourth-order valence-corrected chi connectivity index (χ4v) is 3.73. The molecule has 3 atom stereocenters. The van der Waals surface area contributed by atoms with Gasteiger partial charge in [0.25, 0.3) is 10.1 Å². The smallest absolute Gasteiger partial charge is 0.408 e. The molecule has 2 amide bonds. The van der Waals surface area contributed by atoms with Crippen LogP contribution in [0.5, 0.6) is 0 Å². The first-order valence-electron chi connectivity index (χ1n) is 13.2. The molecule has 17 nitrogen and oxygen atoms in total. The highest BCUT2D eigenvalue weighted by Crippen LogP contribution is 2.06. The van der Waals surface area contributed by atoms with Crippen molar-refractivity contribution in [3.05, 3.63) is 35.9 Å². The lowest BCUT2D eigenvalue weighted by atomic mass is 10.1. The van der Waals surface area contributed by atoms with E-state index in [0.29, 0.717) is 0 Å². The van der Waals surface area contributed by atoms with Gasteiger partial charge in [0.2, 0.25) is 5.91 Å². The third kappa shape index (κ3) is 19.0. The molecule has 1 aromatic carbocycles. The lowest BCUT2D eigenvalue weighted by Crippen LogP contribution is -2.52. The molecule has 0 fully saturated rings. The number of nitrogens with two attached hydrogens (primary N) is 1. The minimum absolute atomic E-state index is 0.0455. The molecule has 3 unspecified atom stereocenters. The summed E-state index contributed by atoms with van der Waals surface area (Å²) in [5.74, 6) is -5.07. The third-order valence-corrected chi connectivity index (χ3v) is 6.00. The predicted octanol–water partition coefficient (Wildman–Crippen LogP) is -0.0881. The maximum atomic E-state index is 12.7. The maximum absolute atomic E-state index is 12.7. The van der Waals surface area contributed by atoms with Gasteiger partial charge in [-0.15, -0.1) is 0 Å². The molecule has 6 N–H and O–H groups in total. The van der Waals surface area contributed by atoms with Gasteiger partial charge >= 0.3 is 30.0 Å². The highest BCUT2D eigenvalue weighted by Gasteiger charge is 2.28. The Bertz CT molecular complexity index is 1190. The van der Waals surface area contributed by atoms with Gasteiger partial charge in [-0.25, -0.2) is 9.59 Å². The number of aliphatic carboxylic acids is 1. The number of ether oxygens (including phenoxy) is 4. The van der Waals surface area contributed by atoms with Crippen molar-refractivity contribution in [1.29, 1.82) is 0 Å². The van der Waals surface area contributed by atoms with E-state index in [4.69, 9.17) is 24.5 Å². The summed E-state index contributed by atoms with van der Waals surface area (Å²) in [6, 6.07) is 4.87. The van der Waals surface area contributed by atoms with Crippen LogP contribution in [0.3, 0.4) is 0 Å². The fraction of sp³-hybridized carbons (Fsp3) is 0.538. The summed E-state index contributed by atoms with van der Waals surface area (Å²) in [6.07, 6.45) is -1.67. The summed E-state index contributed by atoms with van der Waals surface area (Å²) in [5.41, 5.74) is 5.73. The number of carbonyl (C=O) groups excluding carboxylic acids is 5. The Morgan fingerprint density at radius 1 is 0.864 bits per heavy atom. The average Bonchev–Trinajstić information content (AvgIpc) is 2.95. The summed E-state index contributed by atoms with van der Waals surface area (Å²) < 4.78 is 47.3. The van der Waals surface area contributed by atoms with Crippen molar-refractivity contribution in [3.8, 4) is 0 Å². The van der Waals surface area contributed by atoms with E-state index in [9.17, 15) is 42.3 Å². The van der Waals surface area contributed by atoms with Crippen LogP contribution in [0.15, 0.2) is 30.3 Å². The van der Waals surface area contributed by atoms with Crippen LogP contribution < -0.4 is 16.4 Å². The molecule has 0 aliphatic heterocycles. The predicted molar refractivity (Wildman–Crippen MR) is 151 cm³/mol. The number of carboxylic acids is 1. The molecule has 18 heteroatoms. The molecule has 1 rings (SSSR count). The Morgan fingerprint density at radius 2 is 1.39 bits per heavy atom. The van der Waals surface area contributed by atoms with E-state index in [2.05, 4.69) is 15.4 Å². The van der Waals surface area contributed by atoms with Crippen molar-refractivity contribution in [2.45, 2.75) is 64.3 Å². The fourth-order valence-electron chi connectivity index (χ4n) is 3.14. The Hall–Kier alpha value is -4.29. The Kier molecular flexibility index (Phi) is 19.3. The topological polar surface area (TPSA) is 264 Å². The second-order valence-electron chi connectivity index (χ2n) is 8.72. The van der Waals surface area contributed by atoms with Gasteiger partial charge in [0.15, 0.2) is 0 Å². The van der Waals surface area contributed by atoms with Crippen LogP contribution in [0.2, 0.25) is 0 Å². The molecule has 0 bridgehead atoms. The van der Waals surface area contributed by atoms with E-state index in [0.717, 1.165) is 12.7 Å². The van der Waals surface area contributed by atoms with Crippen LogP contribution in [-0.4, -0.2) is 98.2 Å². The van der Waals surface area contributed by atoms with Crippen LogP contribution in [0.25, 0.3) is 0 Å². The first kappa shape index (κ1) is 39.7. The second kappa shape index (κ2) is 21.4. The Morgan fingerprint density at radius 3 is 1.84 bits per heavy atom. The van der Waals surface area contributed by atoms with Gasteiger partial charge in [0, 0.05) is 12.8 Å². The van der Waals surface area contributed by atoms with Crippen LogP contribution >= 0.6 is 0 Å². The highest BCUT2D eigenvalue weighted by atomic mass is 32.2. The summed E-state index contributed by atoms with van der Waals surface area (Å²) in [6.45, 7) is 3.49. The van der Waals surface area contributed by atoms with Gasteiger partial charge < -0.3 is 40.4 Å². The molecule has 0 aromatic heterocycles. The maximum Gasteiger partial charge on any atom is 0.408 e. The quantitative estimate of drug-likeness (QED) is 0.0839. The number of benzene rings is 1. The summed E-state index contributed by atoms with van der Waals surface area (Å²) >= 11 is 0. The first-order chi connectivity index (χ1) is 20.6. The van der Waals surface area contributed by atoms with Crippen molar-refractivity contribution >= 4 is 46.0 Å².